The van der Waals surface area contributed by atoms with Crippen LogP contribution >= 0.6 is 0 Å². The highest BCUT2D eigenvalue weighted by Crippen LogP contribution is 2.40. The molecule has 2 heteroatoms. The Hall–Kier alpha value is -1.31. The van der Waals surface area contributed by atoms with E-state index in [4.69, 9.17) is 0 Å². The SMILES string of the molecule is C=CC1=C(C=C)CC2C(=O)N(C)CC2C1.CC.CC. The molecule has 1 fully saturated rings. The van der Waals surface area contributed by atoms with Crippen molar-refractivity contribution in [3.63, 3.8) is 0 Å². The molecule has 1 saturated heterocycles. The van der Waals surface area contributed by atoms with Gasteiger partial charge in [0.15, 0.2) is 0 Å². The van der Waals surface area contributed by atoms with E-state index in [-0.39, 0.29) is 5.92 Å². The number of amides is 1. The molecule has 0 aromatic heterocycles. The predicted molar refractivity (Wildman–Crippen MR) is 84.0 cm³/mol. The molecule has 1 amide bonds. The highest BCUT2D eigenvalue weighted by atomic mass is 16.2. The van der Waals surface area contributed by atoms with E-state index in [0.29, 0.717) is 11.8 Å². The maximum Gasteiger partial charge on any atom is 0.226 e. The molecule has 1 aliphatic heterocycles. The van der Waals surface area contributed by atoms with Crippen molar-refractivity contribution in [2.45, 2.75) is 40.5 Å². The van der Waals surface area contributed by atoms with Crippen molar-refractivity contribution in [2.24, 2.45) is 11.8 Å². The lowest BCUT2D eigenvalue weighted by atomic mass is 9.77. The first-order valence-corrected chi connectivity index (χ1v) is 7.39. The third-order valence-electron chi connectivity index (χ3n) is 3.60. The molecular weight excluding hydrogens is 234 g/mol. The molecule has 0 aromatic carbocycles. The van der Waals surface area contributed by atoms with Gasteiger partial charge in [0.05, 0.1) is 0 Å². The van der Waals surface area contributed by atoms with Crippen LogP contribution in [0.4, 0.5) is 0 Å². The standard InChI is InChI=1S/C13H17NO.2C2H6/c1-4-9-6-11-8-14(3)13(15)12(11)7-10(9)5-2;2*1-2/h4-5,11-12H,1-2,6-8H2,3H3;2*1-2H3. The Morgan fingerprint density at radius 2 is 1.53 bits per heavy atom. The molecule has 0 radical (unpaired) electrons. The highest BCUT2D eigenvalue weighted by Gasteiger charge is 2.41. The van der Waals surface area contributed by atoms with Gasteiger partial charge in [-0.25, -0.2) is 0 Å². The van der Waals surface area contributed by atoms with Gasteiger partial charge in [-0.05, 0) is 29.9 Å². The lowest BCUT2D eigenvalue weighted by molar-refractivity contribution is -0.130. The average Bonchev–Trinajstić information content (AvgIpc) is 2.76. The highest BCUT2D eigenvalue weighted by molar-refractivity contribution is 5.82. The van der Waals surface area contributed by atoms with Crippen LogP contribution < -0.4 is 0 Å². The molecule has 108 valence electrons. The zero-order valence-corrected chi connectivity index (χ0v) is 13.2. The molecule has 19 heavy (non-hydrogen) atoms. The second kappa shape index (κ2) is 8.73. The Bertz CT molecular complexity index is 354. The molecule has 0 saturated carbocycles. The Balaban J connectivity index is 0.000000741. The summed E-state index contributed by atoms with van der Waals surface area (Å²) < 4.78 is 0. The molecule has 0 spiro atoms. The molecule has 0 N–H and O–H groups in total. The van der Waals surface area contributed by atoms with Gasteiger partial charge in [0.2, 0.25) is 5.91 Å². The van der Waals surface area contributed by atoms with E-state index >= 15 is 0 Å². The number of carbonyl (C=O) groups is 1. The van der Waals surface area contributed by atoms with Crippen molar-refractivity contribution in [1.29, 1.82) is 0 Å². The van der Waals surface area contributed by atoms with Crippen molar-refractivity contribution in [1.82, 2.24) is 4.90 Å². The molecule has 1 heterocycles. The van der Waals surface area contributed by atoms with E-state index in [0.717, 1.165) is 19.4 Å². The van der Waals surface area contributed by atoms with Gasteiger partial charge in [-0.15, -0.1) is 0 Å². The molecule has 1 aliphatic carbocycles. The van der Waals surface area contributed by atoms with E-state index < -0.39 is 0 Å². The van der Waals surface area contributed by atoms with Crippen LogP contribution in [-0.2, 0) is 4.79 Å². The molecule has 0 aromatic rings. The fraction of sp³-hybridized carbons (Fsp3) is 0.588. The molecule has 2 atom stereocenters. The van der Waals surface area contributed by atoms with Gasteiger partial charge in [0.1, 0.15) is 0 Å². The smallest absolute Gasteiger partial charge is 0.226 e. The minimum absolute atomic E-state index is 0.187. The number of likely N-dealkylation sites (tertiary alicyclic amines) is 1. The zero-order valence-electron chi connectivity index (χ0n) is 13.2. The minimum Gasteiger partial charge on any atom is -0.345 e. The Kier molecular flexibility index (Phi) is 8.13. The first-order chi connectivity index (χ1) is 9.17. The minimum atomic E-state index is 0.187. The van der Waals surface area contributed by atoms with Crippen molar-refractivity contribution in [3.05, 3.63) is 36.5 Å². The van der Waals surface area contributed by atoms with Crippen molar-refractivity contribution in [3.8, 4) is 0 Å². The third kappa shape index (κ3) is 3.82. The summed E-state index contributed by atoms with van der Waals surface area (Å²) in [6, 6.07) is 0. The second-order valence-electron chi connectivity index (χ2n) is 4.45. The fourth-order valence-corrected chi connectivity index (χ4v) is 2.72. The van der Waals surface area contributed by atoms with Crippen LogP contribution in [0.15, 0.2) is 36.5 Å². The Morgan fingerprint density at radius 3 is 2.00 bits per heavy atom. The number of carbonyl (C=O) groups excluding carboxylic acids is 1. The lowest BCUT2D eigenvalue weighted by Gasteiger charge is -2.25. The summed E-state index contributed by atoms with van der Waals surface area (Å²) in [6.45, 7) is 16.5. The van der Waals surface area contributed by atoms with Crippen LogP contribution in [0.3, 0.4) is 0 Å². The molecule has 2 rings (SSSR count). The van der Waals surface area contributed by atoms with Gasteiger partial charge in [-0.3, -0.25) is 4.79 Å². The first kappa shape index (κ1) is 17.7. The molecule has 0 bridgehead atoms. The quantitative estimate of drug-likeness (QED) is 0.731. The van der Waals surface area contributed by atoms with Crippen LogP contribution in [0.1, 0.15) is 40.5 Å². The normalized spacial score (nSPS) is 24.7. The molecule has 2 nitrogen and oxygen atoms in total. The first-order valence-electron chi connectivity index (χ1n) is 7.39. The number of hydrogen-bond acceptors (Lipinski definition) is 1. The second-order valence-corrected chi connectivity index (χ2v) is 4.45. The maximum absolute atomic E-state index is 11.8. The monoisotopic (exact) mass is 263 g/mol. The summed E-state index contributed by atoms with van der Waals surface area (Å²) in [6.07, 6.45) is 5.61. The summed E-state index contributed by atoms with van der Waals surface area (Å²) in [5.74, 6) is 0.966. The largest absolute Gasteiger partial charge is 0.345 e. The van der Waals surface area contributed by atoms with Gasteiger partial charge in [-0.1, -0.05) is 53.0 Å². The summed E-state index contributed by atoms with van der Waals surface area (Å²) in [4.78, 5) is 13.7. The van der Waals surface area contributed by atoms with E-state index in [1.54, 1.807) is 0 Å². The predicted octanol–water partition coefficient (Wildman–Crippen LogP) is 4.21. The van der Waals surface area contributed by atoms with Gasteiger partial charge < -0.3 is 4.90 Å². The lowest BCUT2D eigenvalue weighted by Crippen LogP contribution is -2.24. The fourth-order valence-electron chi connectivity index (χ4n) is 2.72. The van der Waals surface area contributed by atoms with E-state index in [9.17, 15) is 4.79 Å². The van der Waals surface area contributed by atoms with E-state index in [1.807, 2.05) is 51.8 Å². The summed E-state index contributed by atoms with van der Waals surface area (Å²) >= 11 is 0. The van der Waals surface area contributed by atoms with Crippen molar-refractivity contribution in [2.75, 3.05) is 13.6 Å². The Morgan fingerprint density at radius 1 is 1.05 bits per heavy atom. The van der Waals surface area contributed by atoms with Crippen LogP contribution in [0.5, 0.6) is 0 Å². The van der Waals surface area contributed by atoms with Crippen molar-refractivity contribution >= 4 is 5.91 Å². The number of rotatable bonds is 2. The van der Waals surface area contributed by atoms with Crippen LogP contribution in [0.2, 0.25) is 0 Å². The van der Waals surface area contributed by atoms with Gasteiger partial charge in [0, 0.05) is 19.5 Å². The number of allylic oxidation sites excluding steroid dienone is 4. The number of hydrogen-bond donors (Lipinski definition) is 0. The topological polar surface area (TPSA) is 20.3 Å². The van der Waals surface area contributed by atoms with Gasteiger partial charge in [-0.2, -0.15) is 0 Å². The maximum atomic E-state index is 11.8. The Labute approximate surface area is 118 Å². The van der Waals surface area contributed by atoms with Crippen LogP contribution in [0.25, 0.3) is 0 Å². The van der Waals surface area contributed by atoms with Gasteiger partial charge in [0.25, 0.3) is 0 Å². The zero-order chi connectivity index (χ0) is 15.0. The molecule has 2 aliphatic rings. The van der Waals surface area contributed by atoms with E-state index in [2.05, 4.69) is 13.2 Å². The van der Waals surface area contributed by atoms with Gasteiger partial charge >= 0.3 is 0 Å². The number of fused-ring (bicyclic) bond motifs is 1. The summed E-state index contributed by atoms with van der Waals surface area (Å²) in [5.41, 5.74) is 2.48. The summed E-state index contributed by atoms with van der Waals surface area (Å²) in [7, 11) is 1.89. The molecular formula is C17H29NO. The van der Waals surface area contributed by atoms with Crippen LogP contribution in [0, 0.1) is 11.8 Å². The summed E-state index contributed by atoms with van der Waals surface area (Å²) in [5, 5.41) is 0. The van der Waals surface area contributed by atoms with Crippen molar-refractivity contribution < 1.29 is 4.79 Å². The third-order valence-corrected chi connectivity index (χ3v) is 3.60. The number of nitrogens with zero attached hydrogens (tertiary/aromatic N) is 1. The van der Waals surface area contributed by atoms with Crippen LogP contribution in [-0.4, -0.2) is 24.4 Å². The van der Waals surface area contributed by atoms with E-state index in [1.165, 1.54) is 11.1 Å². The average molecular weight is 263 g/mol. The molecule has 2 unspecified atom stereocenters.